The molecule has 0 radical (unpaired) electrons. The second-order valence-electron chi connectivity index (χ2n) is 3.25. The molecule has 0 aliphatic rings. The van der Waals surface area contributed by atoms with Crippen LogP contribution in [0.1, 0.15) is 25.5 Å². The summed E-state index contributed by atoms with van der Waals surface area (Å²) in [5, 5.41) is 12.8. The second-order valence-corrected chi connectivity index (χ2v) is 3.25. The number of aliphatic hydroxyl groups excluding tert-OH is 1. The Labute approximate surface area is 78.0 Å². The normalized spacial score (nSPS) is 13.2. The molecule has 1 unspecified atom stereocenters. The van der Waals surface area contributed by atoms with Gasteiger partial charge in [-0.3, -0.25) is 0 Å². The van der Waals surface area contributed by atoms with Gasteiger partial charge in [-0.1, -0.05) is 13.8 Å². The van der Waals surface area contributed by atoms with Gasteiger partial charge in [-0.05, 0) is 0 Å². The Balaban J connectivity index is 2.44. The van der Waals surface area contributed by atoms with Crippen molar-refractivity contribution in [1.82, 2.24) is 15.3 Å². The summed E-state index contributed by atoms with van der Waals surface area (Å²) >= 11 is 0. The predicted octanol–water partition coefficient (Wildman–Crippen LogP) is 0.508. The lowest BCUT2D eigenvalue weighted by Gasteiger charge is -2.13. The summed E-state index contributed by atoms with van der Waals surface area (Å²) in [6, 6.07) is 0.374. The summed E-state index contributed by atoms with van der Waals surface area (Å²) < 4.78 is 0. The highest BCUT2D eigenvalue weighted by Crippen LogP contribution is 2.07. The minimum Gasteiger partial charge on any atom is -0.387 e. The van der Waals surface area contributed by atoms with Crippen molar-refractivity contribution in [1.29, 1.82) is 0 Å². The van der Waals surface area contributed by atoms with Crippen LogP contribution in [0.2, 0.25) is 0 Å². The van der Waals surface area contributed by atoms with Crippen LogP contribution in [0, 0.1) is 0 Å². The van der Waals surface area contributed by atoms with Gasteiger partial charge in [0.15, 0.2) is 0 Å². The molecule has 1 aromatic rings. The van der Waals surface area contributed by atoms with Crippen LogP contribution in [0.15, 0.2) is 18.7 Å². The molecular weight excluding hydrogens is 166 g/mol. The highest BCUT2D eigenvalue weighted by atomic mass is 16.3. The lowest BCUT2D eigenvalue weighted by Crippen LogP contribution is -2.27. The summed E-state index contributed by atoms with van der Waals surface area (Å²) in [5.74, 6) is 0. The molecule has 0 aromatic carbocycles. The first-order chi connectivity index (χ1) is 6.20. The third-order valence-electron chi connectivity index (χ3n) is 1.68. The van der Waals surface area contributed by atoms with Gasteiger partial charge in [0.05, 0.1) is 6.10 Å². The first kappa shape index (κ1) is 10.1. The molecule has 0 saturated heterocycles. The van der Waals surface area contributed by atoms with Gasteiger partial charge in [0.1, 0.15) is 6.33 Å². The maximum Gasteiger partial charge on any atom is 0.115 e. The third kappa shape index (κ3) is 3.48. The second kappa shape index (κ2) is 4.89. The van der Waals surface area contributed by atoms with Gasteiger partial charge in [0.25, 0.3) is 0 Å². The molecular formula is C9H15N3O. The number of nitrogens with one attached hydrogen (secondary N) is 1. The van der Waals surface area contributed by atoms with Crippen LogP contribution in [0.4, 0.5) is 0 Å². The topological polar surface area (TPSA) is 58.0 Å². The average Bonchev–Trinajstić information content (AvgIpc) is 2.15. The molecule has 1 atom stereocenters. The quantitative estimate of drug-likeness (QED) is 0.710. The molecule has 0 aliphatic carbocycles. The van der Waals surface area contributed by atoms with Crippen molar-refractivity contribution in [2.75, 3.05) is 6.54 Å². The molecule has 0 spiro atoms. The summed E-state index contributed by atoms with van der Waals surface area (Å²) in [6.07, 6.45) is 4.18. The third-order valence-corrected chi connectivity index (χ3v) is 1.68. The predicted molar refractivity (Wildman–Crippen MR) is 50.1 cm³/mol. The van der Waals surface area contributed by atoms with E-state index in [0.717, 1.165) is 5.56 Å². The molecule has 13 heavy (non-hydrogen) atoms. The fourth-order valence-corrected chi connectivity index (χ4v) is 0.948. The number of aromatic nitrogens is 2. The summed E-state index contributed by atoms with van der Waals surface area (Å²) in [7, 11) is 0. The van der Waals surface area contributed by atoms with Gasteiger partial charge < -0.3 is 10.4 Å². The van der Waals surface area contributed by atoms with Gasteiger partial charge in [0.2, 0.25) is 0 Å². The number of hydrogen-bond donors (Lipinski definition) is 2. The zero-order valence-corrected chi connectivity index (χ0v) is 7.94. The summed E-state index contributed by atoms with van der Waals surface area (Å²) in [4.78, 5) is 7.67. The van der Waals surface area contributed by atoms with Crippen LogP contribution >= 0.6 is 0 Å². The Morgan fingerprint density at radius 3 is 2.54 bits per heavy atom. The Kier molecular flexibility index (Phi) is 3.79. The van der Waals surface area contributed by atoms with E-state index in [9.17, 15) is 5.11 Å². The van der Waals surface area contributed by atoms with Gasteiger partial charge in [-0.2, -0.15) is 0 Å². The molecule has 0 aliphatic heterocycles. The number of aliphatic hydroxyl groups is 1. The first-order valence-electron chi connectivity index (χ1n) is 4.36. The van der Waals surface area contributed by atoms with E-state index in [4.69, 9.17) is 0 Å². The smallest absolute Gasteiger partial charge is 0.115 e. The lowest BCUT2D eigenvalue weighted by molar-refractivity contribution is 0.171. The maximum absolute atomic E-state index is 9.63. The molecule has 2 N–H and O–H groups in total. The Hall–Kier alpha value is -1.00. The Morgan fingerprint density at radius 1 is 1.38 bits per heavy atom. The summed E-state index contributed by atoms with van der Waals surface area (Å²) in [5.41, 5.74) is 0.746. The molecule has 0 bridgehead atoms. The molecule has 4 nitrogen and oxygen atoms in total. The molecule has 0 fully saturated rings. The van der Waals surface area contributed by atoms with E-state index in [1.807, 2.05) is 13.8 Å². The van der Waals surface area contributed by atoms with Gasteiger partial charge in [0, 0.05) is 30.5 Å². The van der Waals surface area contributed by atoms with Crippen molar-refractivity contribution in [3.05, 3.63) is 24.3 Å². The molecule has 4 heteroatoms. The minimum atomic E-state index is -0.524. The van der Waals surface area contributed by atoms with Crippen LogP contribution in [0.5, 0.6) is 0 Å². The average molecular weight is 181 g/mol. The molecule has 1 rings (SSSR count). The van der Waals surface area contributed by atoms with E-state index in [1.54, 1.807) is 12.4 Å². The van der Waals surface area contributed by atoms with E-state index in [0.29, 0.717) is 12.6 Å². The van der Waals surface area contributed by atoms with E-state index in [2.05, 4.69) is 15.3 Å². The van der Waals surface area contributed by atoms with Crippen LogP contribution in [-0.4, -0.2) is 27.7 Å². The zero-order valence-electron chi connectivity index (χ0n) is 7.94. The van der Waals surface area contributed by atoms with Crippen LogP contribution in [-0.2, 0) is 0 Å². The van der Waals surface area contributed by atoms with Crippen molar-refractivity contribution >= 4 is 0 Å². The number of rotatable bonds is 4. The van der Waals surface area contributed by atoms with Gasteiger partial charge in [-0.15, -0.1) is 0 Å². The van der Waals surface area contributed by atoms with E-state index < -0.39 is 6.10 Å². The molecule has 0 amide bonds. The maximum atomic E-state index is 9.63. The fraction of sp³-hybridized carbons (Fsp3) is 0.556. The van der Waals surface area contributed by atoms with Crippen molar-refractivity contribution in [3.8, 4) is 0 Å². The zero-order chi connectivity index (χ0) is 9.68. The van der Waals surface area contributed by atoms with Crippen molar-refractivity contribution in [2.24, 2.45) is 0 Å². The standard InChI is InChI=1S/C9H15N3O/c1-7(2)12-5-9(13)8-3-10-6-11-4-8/h3-4,6-7,9,12-13H,5H2,1-2H3. The van der Waals surface area contributed by atoms with E-state index >= 15 is 0 Å². The Morgan fingerprint density at radius 2 is 2.00 bits per heavy atom. The fourth-order valence-electron chi connectivity index (χ4n) is 0.948. The highest BCUT2D eigenvalue weighted by Gasteiger charge is 2.07. The SMILES string of the molecule is CC(C)NCC(O)c1cncnc1. The monoisotopic (exact) mass is 181 g/mol. The molecule has 72 valence electrons. The minimum absolute atomic E-state index is 0.374. The number of hydrogen-bond acceptors (Lipinski definition) is 4. The van der Waals surface area contributed by atoms with Crippen molar-refractivity contribution < 1.29 is 5.11 Å². The van der Waals surface area contributed by atoms with E-state index in [1.165, 1.54) is 6.33 Å². The molecule has 1 heterocycles. The van der Waals surface area contributed by atoms with Gasteiger partial charge in [-0.25, -0.2) is 9.97 Å². The molecule has 0 saturated carbocycles. The van der Waals surface area contributed by atoms with Gasteiger partial charge >= 0.3 is 0 Å². The van der Waals surface area contributed by atoms with Crippen molar-refractivity contribution in [2.45, 2.75) is 26.0 Å². The van der Waals surface area contributed by atoms with Crippen LogP contribution < -0.4 is 5.32 Å². The van der Waals surface area contributed by atoms with Crippen LogP contribution in [0.3, 0.4) is 0 Å². The van der Waals surface area contributed by atoms with E-state index in [-0.39, 0.29) is 0 Å². The summed E-state index contributed by atoms with van der Waals surface area (Å²) in [6.45, 7) is 4.60. The number of nitrogens with zero attached hydrogens (tertiary/aromatic N) is 2. The highest BCUT2D eigenvalue weighted by molar-refractivity contribution is 5.06. The van der Waals surface area contributed by atoms with Crippen molar-refractivity contribution in [3.63, 3.8) is 0 Å². The van der Waals surface area contributed by atoms with Crippen LogP contribution in [0.25, 0.3) is 0 Å². The molecule has 1 aromatic heterocycles. The lowest BCUT2D eigenvalue weighted by atomic mass is 10.2. The largest absolute Gasteiger partial charge is 0.387 e. The first-order valence-corrected chi connectivity index (χ1v) is 4.36. The Bertz CT molecular complexity index is 238.